The summed E-state index contributed by atoms with van der Waals surface area (Å²) < 4.78 is 0. The largest absolute Gasteiger partial charge is 0.370 e. The number of rotatable bonds is 2. The highest BCUT2D eigenvalue weighted by atomic mass is 16.1. The van der Waals surface area contributed by atoms with E-state index in [1.54, 1.807) is 6.20 Å². The summed E-state index contributed by atoms with van der Waals surface area (Å²) in [6.45, 7) is 1.82. The lowest BCUT2D eigenvalue weighted by molar-refractivity contribution is 0.385. The fourth-order valence-electron chi connectivity index (χ4n) is 3.73. The molecule has 0 unspecified atom stereocenters. The fraction of sp³-hybridized carbons (Fsp3) is 0.500. The van der Waals surface area contributed by atoms with Crippen LogP contribution in [0.4, 0.5) is 11.5 Å². The summed E-state index contributed by atoms with van der Waals surface area (Å²) in [5.74, 6) is 0.815. The van der Waals surface area contributed by atoms with E-state index in [9.17, 15) is 10.1 Å². The summed E-state index contributed by atoms with van der Waals surface area (Å²) >= 11 is 0. The molecular weight excluding hydrogens is 302 g/mol. The minimum Gasteiger partial charge on any atom is -0.370 e. The zero-order valence-electron chi connectivity index (χ0n) is 14.1. The molecule has 6 heteroatoms. The van der Waals surface area contributed by atoms with Gasteiger partial charge in [-0.3, -0.25) is 4.79 Å². The van der Waals surface area contributed by atoms with Crippen molar-refractivity contribution in [3.05, 3.63) is 28.2 Å². The van der Waals surface area contributed by atoms with Gasteiger partial charge in [0.25, 0.3) is 5.56 Å². The van der Waals surface area contributed by atoms with Gasteiger partial charge in [-0.05, 0) is 37.2 Å². The summed E-state index contributed by atoms with van der Waals surface area (Å²) in [4.78, 5) is 23.7. The Morgan fingerprint density at radius 1 is 1.29 bits per heavy atom. The number of nitriles is 1. The highest BCUT2D eigenvalue weighted by Gasteiger charge is 2.44. The fourth-order valence-corrected chi connectivity index (χ4v) is 3.73. The predicted molar refractivity (Wildman–Crippen MR) is 94.5 cm³/mol. The smallest absolute Gasteiger partial charge is 0.268 e. The van der Waals surface area contributed by atoms with Crippen LogP contribution < -0.4 is 15.4 Å². The van der Waals surface area contributed by atoms with Crippen LogP contribution >= 0.6 is 0 Å². The van der Waals surface area contributed by atoms with Gasteiger partial charge in [-0.25, -0.2) is 4.98 Å². The minimum absolute atomic E-state index is 0.213. The molecule has 6 nitrogen and oxygen atoms in total. The summed E-state index contributed by atoms with van der Waals surface area (Å²) in [5, 5.41) is 10.5. The van der Waals surface area contributed by atoms with Crippen LogP contribution in [-0.2, 0) is 0 Å². The van der Waals surface area contributed by atoms with Crippen molar-refractivity contribution in [3.63, 3.8) is 0 Å². The average Bonchev–Trinajstić information content (AvgIpc) is 3.33. The Bertz CT molecular complexity index is 894. The van der Waals surface area contributed by atoms with Crippen molar-refractivity contribution in [2.24, 2.45) is 5.41 Å². The number of hydrogen-bond donors (Lipinski definition) is 1. The second kappa shape index (κ2) is 5.23. The number of hydrogen-bond acceptors (Lipinski definition) is 5. The van der Waals surface area contributed by atoms with Crippen molar-refractivity contribution in [3.8, 4) is 6.07 Å². The standard InChI is InChI=1S/C18H21N5O/c1-22(2)15-9-12-14(11-20-15)21-17(24)13(10-19)16(12)23-7-5-18(3-4-18)6-8-23/h9,11H,3-8H2,1-2H3,(H,21,24). The number of nitrogens with one attached hydrogen (secondary N) is 1. The molecule has 2 aromatic rings. The lowest BCUT2D eigenvalue weighted by Crippen LogP contribution is -2.36. The zero-order chi connectivity index (χ0) is 16.9. The Hall–Kier alpha value is -2.55. The van der Waals surface area contributed by atoms with E-state index in [0.29, 0.717) is 10.9 Å². The second-order valence-electron chi connectivity index (χ2n) is 7.26. The topological polar surface area (TPSA) is 76.0 Å². The Morgan fingerprint density at radius 3 is 2.58 bits per heavy atom. The summed E-state index contributed by atoms with van der Waals surface area (Å²) in [6, 6.07) is 4.08. The third kappa shape index (κ3) is 2.32. The van der Waals surface area contributed by atoms with Gasteiger partial charge in [0.2, 0.25) is 0 Å². The third-order valence-electron chi connectivity index (χ3n) is 5.52. The molecule has 1 saturated carbocycles. The van der Waals surface area contributed by atoms with Crippen molar-refractivity contribution in [2.45, 2.75) is 25.7 Å². The molecule has 1 spiro atoms. The quantitative estimate of drug-likeness (QED) is 0.917. The Balaban J connectivity index is 1.88. The maximum atomic E-state index is 12.3. The number of anilines is 2. The molecule has 4 rings (SSSR count). The van der Waals surface area contributed by atoms with Gasteiger partial charge in [-0.15, -0.1) is 0 Å². The first-order valence-corrected chi connectivity index (χ1v) is 8.41. The number of pyridine rings is 2. The van der Waals surface area contributed by atoms with Gasteiger partial charge in [0.15, 0.2) is 0 Å². The zero-order valence-corrected chi connectivity index (χ0v) is 14.1. The van der Waals surface area contributed by atoms with Gasteiger partial charge in [-0.2, -0.15) is 5.26 Å². The van der Waals surface area contributed by atoms with Gasteiger partial charge in [0.1, 0.15) is 17.5 Å². The molecule has 124 valence electrons. The van der Waals surface area contributed by atoms with Gasteiger partial charge >= 0.3 is 0 Å². The van der Waals surface area contributed by atoms with E-state index in [1.807, 2.05) is 25.1 Å². The summed E-state index contributed by atoms with van der Waals surface area (Å²) in [6.07, 6.45) is 6.64. The molecule has 1 aliphatic carbocycles. The second-order valence-corrected chi connectivity index (χ2v) is 7.26. The molecule has 3 heterocycles. The number of aromatic amines is 1. The van der Waals surface area contributed by atoms with E-state index in [-0.39, 0.29) is 11.1 Å². The van der Waals surface area contributed by atoms with E-state index in [4.69, 9.17) is 0 Å². The molecule has 1 N–H and O–H groups in total. The van der Waals surface area contributed by atoms with Crippen LogP contribution in [0.3, 0.4) is 0 Å². The van der Waals surface area contributed by atoms with Crippen LogP contribution in [0.5, 0.6) is 0 Å². The SMILES string of the molecule is CN(C)c1cc2c(N3CCC4(CC3)CC4)c(C#N)c(=O)[nH]c2cn1. The number of H-pyrrole nitrogens is 1. The summed E-state index contributed by atoms with van der Waals surface area (Å²) in [7, 11) is 3.87. The Morgan fingerprint density at radius 2 is 2.00 bits per heavy atom. The van der Waals surface area contributed by atoms with Gasteiger partial charge in [0, 0.05) is 32.6 Å². The van der Waals surface area contributed by atoms with Gasteiger partial charge in [0.05, 0.1) is 17.4 Å². The van der Waals surface area contributed by atoms with Gasteiger partial charge in [-0.1, -0.05) is 0 Å². The van der Waals surface area contributed by atoms with E-state index in [0.717, 1.165) is 42.8 Å². The van der Waals surface area contributed by atoms with Crippen LogP contribution in [0, 0.1) is 16.7 Å². The van der Waals surface area contributed by atoms with Crippen LogP contribution in [-0.4, -0.2) is 37.2 Å². The summed E-state index contributed by atoms with van der Waals surface area (Å²) in [5.41, 5.74) is 1.90. The molecule has 0 atom stereocenters. The van der Waals surface area contributed by atoms with Crippen molar-refractivity contribution in [1.29, 1.82) is 5.26 Å². The highest BCUT2D eigenvalue weighted by Crippen LogP contribution is 2.54. The lowest BCUT2D eigenvalue weighted by atomic mass is 9.92. The molecule has 0 amide bonds. The molecule has 0 aromatic carbocycles. The molecule has 24 heavy (non-hydrogen) atoms. The van der Waals surface area contributed by atoms with E-state index >= 15 is 0 Å². The van der Waals surface area contributed by atoms with Crippen LogP contribution in [0.2, 0.25) is 0 Å². The lowest BCUT2D eigenvalue weighted by Gasteiger charge is -2.34. The third-order valence-corrected chi connectivity index (χ3v) is 5.52. The van der Waals surface area contributed by atoms with Crippen molar-refractivity contribution in [2.75, 3.05) is 37.0 Å². The first kappa shape index (κ1) is 15.0. The molecule has 2 aromatic heterocycles. The maximum Gasteiger partial charge on any atom is 0.268 e. The van der Waals surface area contributed by atoms with Gasteiger partial charge < -0.3 is 14.8 Å². The Labute approximate surface area is 140 Å². The molecule has 0 radical (unpaired) electrons. The van der Waals surface area contributed by atoms with Crippen LogP contribution in [0.1, 0.15) is 31.2 Å². The van der Waals surface area contributed by atoms with E-state index < -0.39 is 0 Å². The molecule has 1 aliphatic heterocycles. The predicted octanol–water partition coefficient (Wildman–Crippen LogP) is 2.24. The molecule has 1 saturated heterocycles. The molecule has 2 aliphatic rings. The number of aromatic nitrogens is 2. The number of nitrogens with zero attached hydrogens (tertiary/aromatic N) is 4. The molecule has 2 fully saturated rings. The Kier molecular flexibility index (Phi) is 3.27. The van der Waals surface area contributed by atoms with Crippen molar-refractivity contribution >= 4 is 22.4 Å². The monoisotopic (exact) mass is 323 g/mol. The maximum absolute atomic E-state index is 12.3. The molecule has 0 bridgehead atoms. The first-order valence-electron chi connectivity index (χ1n) is 8.41. The first-order chi connectivity index (χ1) is 11.5. The van der Waals surface area contributed by atoms with Crippen molar-refractivity contribution in [1.82, 2.24) is 9.97 Å². The minimum atomic E-state index is -0.328. The van der Waals surface area contributed by atoms with Crippen LogP contribution in [0.15, 0.2) is 17.1 Å². The van der Waals surface area contributed by atoms with Crippen LogP contribution in [0.25, 0.3) is 10.9 Å². The number of fused-ring (bicyclic) bond motifs is 1. The number of piperidine rings is 1. The average molecular weight is 323 g/mol. The van der Waals surface area contributed by atoms with E-state index in [1.165, 1.54) is 12.8 Å². The van der Waals surface area contributed by atoms with E-state index in [2.05, 4.69) is 20.9 Å². The molecular formula is C18H21N5O. The normalized spacial score (nSPS) is 18.6. The highest BCUT2D eigenvalue weighted by molar-refractivity contribution is 5.95. The van der Waals surface area contributed by atoms with Crippen molar-refractivity contribution < 1.29 is 0 Å².